The molecule has 0 aromatic heterocycles. The van der Waals surface area contributed by atoms with Gasteiger partial charge in [-0.1, -0.05) is 24.3 Å². The Morgan fingerprint density at radius 2 is 1.77 bits per heavy atom. The SMILES string of the molecule is Cc1cccc(NC(=S)N2CCN(Cc3ccc(C#N)cc3)CC2)c1C. The van der Waals surface area contributed by atoms with Crippen molar-refractivity contribution >= 4 is 23.0 Å². The number of thiocarbonyl (C=S) groups is 1. The van der Waals surface area contributed by atoms with Gasteiger partial charge in [-0.15, -0.1) is 0 Å². The van der Waals surface area contributed by atoms with Crippen LogP contribution in [0.25, 0.3) is 0 Å². The van der Waals surface area contributed by atoms with Crippen molar-refractivity contribution in [1.29, 1.82) is 5.26 Å². The Bertz CT molecular complexity index is 815. The first-order valence-electron chi connectivity index (χ1n) is 8.90. The molecule has 0 aliphatic carbocycles. The standard InChI is InChI=1S/C21H24N4S/c1-16-4-3-5-20(17(16)2)23-21(26)25-12-10-24(11-13-25)15-19-8-6-18(14-22)7-9-19/h3-9H,10-13,15H2,1-2H3,(H,23,26). The molecule has 26 heavy (non-hydrogen) atoms. The molecule has 4 nitrogen and oxygen atoms in total. The van der Waals surface area contributed by atoms with Gasteiger partial charge in [0.1, 0.15) is 0 Å². The Labute approximate surface area is 161 Å². The van der Waals surface area contributed by atoms with E-state index in [1.54, 1.807) is 0 Å². The number of rotatable bonds is 3. The molecule has 1 saturated heterocycles. The van der Waals surface area contributed by atoms with Gasteiger partial charge >= 0.3 is 0 Å². The molecule has 0 radical (unpaired) electrons. The van der Waals surface area contributed by atoms with Crippen LogP contribution in [0.1, 0.15) is 22.3 Å². The summed E-state index contributed by atoms with van der Waals surface area (Å²) in [5.74, 6) is 0. The maximum Gasteiger partial charge on any atom is 0.173 e. The van der Waals surface area contributed by atoms with Crippen molar-refractivity contribution in [2.75, 3.05) is 31.5 Å². The van der Waals surface area contributed by atoms with Gasteiger partial charge in [-0.05, 0) is 61.0 Å². The lowest BCUT2D eigenvalue weighted by molar-refractivity contribution is 0.177. The number of hydrogen-bond donors (Lipinski definition) is 1. The quantitative estimate of drug-likeness (QED) is 0.842. The van der Waals surface area contributed by atoms with Crippen molar-refractivity contribution in [2.24, 2.45) is 0 Å². The molecule has 0 atom stereocenters. The molecule has 1 aliphatic rings. The summed E-state index contributed by atoms with van der Waals surface area (Å²) >= 11 is 5.62. The number of benzene rings is 2. The van der Waals surface area contributed by atoms with Crippen molar-refractivity contribution < 1.29 is 0 Å². The van der Waals surface area contributed by atoms with Gasteiger partial charge in [-0.3, -0.25) is 4.90 Å². The van der Waals surface area contributed by atoms with E-state index in [4.69, 9.17) is 17.5 Å². The summed E-state index contributed by atoms with van der Waals surface area (Å²) in [6.45, 7) is 8.96. The monoisotopic (exact) mass is 364 g/mol. The Morgan fingerprint density at radius 1 is 1.08 bits per heavy atom. The lowest BCUT2D eigenvalue weighted by atomic mass is 10.1. The van der Waals surface area contributed by atoms with Crippen LogP contribution in [0, 0.1) is 25.2 Å². The normalized spacial score (nSPS) is 14.7. The first-order chi connectivity index (χ1) is 12.6. The van der Waals surface area contributed by atoms with E-state index >= 15 is 0 Å². The second-order valence-electron chi connectivity index (χ2n) is 6.75. The average Bonchev–Trinajstić information content (AvgIpc) is 2.66. The van der Waals surface area contributed by atoms with Crippen molar-refractivity contribution in [3.05, 3.63) is 64.7 Å². The van der Waals surface area contributed by atoms with Gasteiger partial charge in [-0.2, -0.15) is 5.26 Å². The Kier molecular flexibility index (Phi) is 5.87. The van der Waals surface area contributed by atoms with Gasteiger partial charge in [0.2, 0.25) is 0 Å². The van der Waals surface area contributed by atoms with E-state index in [1.807, 2.05) is 24.3 Å². The van der Waals surface area contributed by atoms with Crippen molar-refractivity contribution in [2.45, 2.75) is 20.4 Å². The van der Waals surface area contributed by atoms with Gasteiger partial charge in [0.15, 0.2) is 5.11 Å². The van der Waals surface area contributed by atoms with E-state index in [2.05, 4.69) is 53.2 Å². The van der Waals surface area contributed by atoms with Gasteiger partial charge in [0.25, 0.3) is 0 Å². The van der Waals surface area contributed by atoms with Crippen molar-refractivity contribution in [3.63, 3.8) is 0 Å². The summed E-state index contributed by atoms with van der Waals surface area (Å²) in [7, 11) is 0. The molecule has 0 amide bonds. The van der Waals surface area contributed by atoms with E-state index in [0.717, 1.165) is 43.5 Å². The molecule has 1 aliphatic heterocycles. The summed E-state index contributed by atoms with van der Waals surface area (Å²) in [6, 6.07) is 16.3. The predicted molar refractivity (Wildman–Crippen MR) is 110 cm³/mol. The third-order valence-electron chi connectivity index (χ3n) is 4.99. The van der Waals surface area contributed by atoms with E-state index in [1.165, 1.54) is 16.7 Å². The van der Waals surface area contributed by atoms with Crippen LogP contribution in [0.2, 0.25) is 0 Å². The summed E-state index contributed by atoms with van der Waals surface area (Å²) in [5.41, 5.74) is 5.56. The highest BCUT2D eigenvalue weighted by molar-refractivity contribution is 7.80. The zero-order valence-corrected chi connectivity index (χ0v) is 16.1. The molecule has 0 saturated carbocycles. The highest BCUT2D eigenvalue weighted by atomic mass is 32.1. The summed E-state index contributed by atoms with van der Waals surface area (Å²) in [4.78, 5) is 4.67. The zero-order valence-electron chi connectivity index (χ0n) is 15.3. The van der Waals surface area contributed by atoms with Crippen LogP contribution in [0.5, 0.6) is 0 Å². The summed E-state index contributed by atoms with van der Waals surface area (Å²) < 4.78 is 0. The Balaban J connectivity index is 1.52. The lowest BCUT2D eigenvalue weighted by Crippen LogP contribution is -2.49. The van der Waals surface area contributed by atoms with Crippen LogP contribution in [-0.4, -0.2) is 41.1 Å². The number of nitrogens with zero attached hydrogens (tertiary/aromatic N) is 3. The number of aryl methyl sites for hydroxylation is 1. The van der Waals surface area contributed by atoms with Crippen LogP contribution in [-0.2, 0) is 6.54 Å². The Morgan fingerprint density at radius 3 is 2.42 bits per heavy atom. The van der Waals surface area contributed by atoms with Gasteiger partial charge < -0.3 is 10.2 Å². The minimum Gasteiger partial charge on any atom is -0.346 e. The second-order valence-corrected chi connectivity index (χ2v) is 7.14. The summed E-state index contributed by atoms with van der Waals surface area (Å²) in [5, 5.41) is 13.1. The third-order valence-corrected chi connectivity index (χ3v) is 5.36. The topological polar surface area (TPSA) is 42.3 Å². The van der Waals surface area contributed by atoms with Crippen LogP contribution < -0.4 is 5.32 Å². The fourth-order valence-electron chi connectivity index (χ4n) is 3.13. The molecule has 134 valence electrons. The van der Waals surface area contributed by atoms with Gasteiger partial charge in [0, 0.05) is 38.4 Å². The molecule has 0 spiro atoms. The van der Waals surface area contributed by atoms with E-state index < -0.39 is 0 Å². The summed E-state index contributed by atoms with van der Waals surface area (Å²) in [6.07, 6.45) is 0. The maximum atomic E-state index is 8.88. The van der Waals surface area contributed by atoms with E-state index in [9.17, 15) is 0 Å². The average molecular weight is 365 g/mol. The predicted octanol–water partition coefficient (Wildman–Crippen LogP) is 3.69. The number of piperazine rings is 1. The second kappa shape index (κ2) is 8.31. The maximum absolute atomic E-state index is 8.88. The molecule has 2 aromatic rings. The fraction of sp³-hybridized carbons (Fsp3) is 0.333. The van der Waals surface area contributed by atoms with Crippen molar-refractivity contribution in [1.82, 2.24) is 9.80 Å². The molecule has 3 rings (SSSR count). The molecule has 2 aromatic carbocycles. The number of anilines is 1. The fourth-order valence-corrected chi connectivity index (χ4v) is 3.43. The molecule has 1 fully saturated rings. The minimum absolute atomic E-state index is 0.710. The first kappa shape index (κ1) is 18.4. The zero-order chi connectivity index (χ0) is 18.5. The highest BCUT2D eigenvalue weighted by Gasteiger charge is 2.19. The van der Waals surface area contributed by atoms with Crippen molar-refractivity contribution in [3.8, 4) is 6.07 Å². The molecular formula is C21H24N4S. The largest absolute Gasteiger partial charge is 0.346 e. The number of hydrogen-bond acceptors (Lipinski definition) is 3. The number of nitriles is 1. The molecule has 1 heterocycles. The van der Waals surface area contributed by atoms with E-state index in [-0.39, 0.29) is 0 Å². The smallest absolute Gasteiger partial charge is 0.173 e. The first-order valence-corrected chi connectivity index (χ1v) is 9.31. The molecule has 1 N–H and O–H groups in total. The third kappa shape index (κ3) is 4.40. The van der Waals surface area contributed by atoms with Crippen LogP contribution >= 0.6 is 12.2 Å². The van der Waals surface area contributed by atoms with Gasteiger partial charge in [-0.25, -0.2) is 0 Å². The van der Waals surface area contributed by atoms with E-state index in [0.29, 0.717) is 5.56 Å². The molecule has 0 unspecified atom stereocenters. The van der Waals surface area contributed by atoms with Crippen LogP contribution in [0.3, 0.4) is 0 Å². The van der Waals surface area contributed by atoms with Gasteiger partial charge in [0.05, 0.1) is 11.6 Å². The lowest BCUT2D eigenvalue weighted by Gasteiger charge is -2.36. The Hall–Kier alpha value is -2.42. The molecule has 0 bridgehead atoms. The number of nitrogens with one attached hydrogen (secondary N) is 1. The van der Waals surface area contributed by atoms with Crippen LogP contribution in [0.15, 0.2) is 42.5 Å². The molecule has 5 heteroatoms. The van der Waals surface area contributed by atoms with Crippen LogP contribution in [0.4, 0.5) is 5.69 Å². The minimum atomic E-state index is 0.710. The molecular weight excluding hydrogens is 340 g/mol. The highest BCUT2D eigenvalue weighted by Crippen LogP contribution is 2.19.